The molecule has 7 heteroatoms. The van der Waals surface area contributed by atoms with Gasteiger partial charge in [-0.3, -0.25) is 5.41 Å². The summed E-state index contributed by atoms with van der Waals surface area (Å²) in [5, 5.41) is 16.6. The first-order valence-electron chi connectivity index (χ1n) is 8.42. The minimum Gasteiger partial charge on any atom is -0.378 e. The monoisotopic (exact) mass is 365 g/mol. The Kier molecular flexibility index (Phi) is 4.73. The Morgan fingerprint density at radius 3 is 2.88 bits per heavy atom. The first-order chi connectivity index (χ1) is 12.8. The van der Waals surface area contributed by atoms with E-state index < -0.39 is 0 Å². The van der Waals surface area contributed by atoms with Crippen molar-refractivity contribution in [2.75, 3.05) is 31.2 Å². The predicted molar refractivity (Wildman–Crippen MR) is 108 cm³/mol. The molecule has 0 aliphatic carbocycles. The first-order valence-corrected chi connectivity index (χ1v) is 9.30. The first kappa shape index (κ1) is 16.8. The van der Waals surface area contributed by atoms with E-state index in [0.717, 1.165) is 71.6 Å². The molecule has 0 unspecified atom stereocenters. The van der Waals surface area contributed by atoms with Crippen LogP contribution in [0.2, 0.25) is 0 Å². The van der Waals surface area contributed by atoms with Crippen molar-refractivity contribution < 1.29 is 4.74 Å². The van der Waals surface area contributed by atoms with Crippen LogP contribution in [0.4, 0.5) is 5.82 Å². The van der Waals surface area contributed by atoms with E-state index in [-0.39, 0.29) is 0 Å². The highest BCUT2D eigenvalue weighted by Crippen LogP contribution is 2.30. The van der Waals surface area contributed by atoms with Gasteiger partial charge in [0.15, 0.2) is 0 Å². The summed E-state index contributed by atoms with van der Waals surface area (Å²) in [5.74, 6) is 0.961. The van der Waals surface area contributed by atoms with Crippen LogP contribution in [0.3, 0.4) is 0 Å². The molecule has 2 aromatic heterocycles. The molecule has 0 amide bonds. The van der Waals surface area contributed by atoms with Gasteiger partial charge < -0.3 is 20.0 Å². The molecule has 3 aromatic rings. The fourth-order valence-corrected chi connectivity index (χ4v) is 3.52. The molecule has 1 aliphatic heterocycles. The number of morpholine rings is 1. The van der Waals surface area contributed by atoms with Crippen molar-refractivity contribution >= 4 is 39.1 Å². The lowest BCUT2D eigenvalue weighted by molar-refractivity contribution is 0.122. The summed E-state index contributed by atoms with van der Waals surface area (Å²) >= 11 is 1.10. The Labute approximate surface area is 155 Å². The molecule has 26 heavy (non-hydrogen) atoms. The van der Waals surface area contributed by atoms with E-state index >= 15 is 0 Å². The number of pyridine rings is 1. The highest BCUT2D eigenvalue weighted by Gasteiger charge is 2.15. The normalized spacial score (nSPS) is 14.5. The molecular formula is C19H19N5OS. The highest BCUT2D eigenvalue weighted by molar-refractivity contribution is 8.25. The number of hydrogen-bond donors (Lipinski definition) is 3. The molecular weight excluding hydrogens is 346 g/mol. The van der Waals surface area contributed by atoms with Gasteiger partial charge in [-0.2, -0.15) is 0 Å². The van der Waals surface area contributed by atoms with Crippen molar-refractivity contribution in [3.63, 3.8) is 0 Å². The SMILES string of the molecule is N=CSC(=N)c1ccc2[nH]cc(-c3cccc(N4CCOCC4)n3)c2c1. The van der Waals surface area contributed by atoms with Crippen molar-refractivity contribution in [3.8, 4) is 11.3 Å². The molecule has 6 nitrogen and oxygen atoms in total. The van der Waals surface area contributed by atoms with Crippen LogP contribution in [-0.2, 0) is 4.74 Å². The van der Waals surface area contributed by atoms with E-state index in [4.69, 9.17) is 20.5 Å². The third-order valence-electron chi connectivity index (χ3n) is 4.47. The largest absolute Gasteiger partial charge is 0.378 e. The third kappa shape index (κ3) is 3.23. The maximum atomic E-state index is 8.07. The summed E-state index contributed by atoms with van der Waals surface area (Å²) in [6.45, 7) is 3.17. The van der Waals surface area contributed by atoms with Crippen molar-refractivity contribution in [1.82, 2.24) is 9.97 Å². The average molecular weight is 365 g/mol. The van der Waals surface area contributed by atoms with Crippen LogP contribution in [0.5, 0.6) is 0 Å². The lowest BCUT2D eigenvalue weighted by Gasteiger charge is -2.28. The quantitative estimate of drug-likeness (QED) is 0.485. The second-order valence-corrected chi connectivity index (χ2v) is 6.89. The smallest absolute Gasteiger partial charge is 0.129 e. The van der Waals surface area contributed by atoms with Crippen LogP contribution in [0.15, 0.2) is 42.6 Å². The summed E-state index contributed by atoms with van der Waals surface area (Å²) in [7, 11) is 0. The van der Waals surface area contributed by atoms with E-state index in [1.807, 2.05) is 42.6 Å². The predicted octanol–water partition coefficient (Wildman–Crippen LogP) is 3.73. The van der Waals surface area contributed by atoms with Crippen LogP contribution in [0.25, 0.3) is 22.2 Å². The van der Waals surface area contributed by atoms with Crippen LogP contribution < -0.4 is 4.90 Å². The molecule has 4 rings (SSSR count). The number of ether oxygens (including phenoxy) is 1. The average Bonchev–Trinajstić information content (AvgIpc) is 3.12. The summed E-state index contributed by atoms with van der Waals surface area (Å²) < 4.78 is 5.42. The number of H-pyrrole nitrogens is 1. The van der Waals surface area contributed by atoms with Gasteiger partial charge in [0.05, 0.1) is 29.5 Å². The minimum absolute atomic E-state index is 0.365. The zero-order valence-corrected chi connectivity index (χ0v) is 15.0. The molecule has 1 fully saturated rings. The molecule has 0 atom stereocenters. The van der Waals surface area contributed by atoms with Crippen LogP contribution in [-0.4, -0.2) is 46.9 Å². The number of nitrogens with zero attached hydrogens (tertiary/aromatic N) is 2. The number of nitrogens with one attached hydrogen (secondary N) is 3. The summed E-state index contributed by atoms with van der Waals surface area (Å²) in [5.41, 5.74) is 4.91. The summed E-state index contributed by atoms with van der Waals surface area (Å²) in [4.78, 5) is 10.4. The summed E-state index contributed by atoms with van der Waals surface area (Å²) in [6, 6.07) is 11.9. The van der Waals surface area contributed by atoms with E-state index in [1.165, 1.54) is 5.55 Å². The second-order valence-electron chi connectivity index (χ2n) is 6.01. The number of aromatic nitrogens is 2. The molecule has 0 radical (unpaired) electrons. The maximum absolute atomic E-state index is 8.07. The van der Waals surface area contributed by atoms with Crippen molar-refractivity contribution in [1.29, 1.82) is 10.8 Å². The number of hydrogen-bond acceptors (Lipinski definition) is 6. The van der Waals surface area contributed by atoms with Crippen molar-refractivity contribution in [2.24, 2.45) is 0 Å². The van der Waals surface area contributed by atoms with Crippen LogP contribution >= 0.6 is 11.8 Å². The molecule has 3 heterocycles. The lowest BCUT2D eigenvalue weighted by Crippen LogP contribution is -2.36. The van der Waals surface area contributed by atoms with Crippen LogP contribution in [0.1, 0.15) is 5.56 Å². The van der Waals surface area contributed by atoms with Gasteiger partial charge in [0.1, 0.15) is 5.82 Å². The Balaban J connectivity index is 1.73. The van der Waals surface area contributed by atoms with Crippen molar-refractivity contribution in [3.05, 3.63) is 48.2 Å². The maximum Gasteiger partial charge on any atom is 0.129 e. The third-order valence-corrected chi connectivity index (χ3v) is 5.06. The van der Waals surface area contributed by atoms with E-state index in [9.17, 15) is 0 Å². The van der Waals surface area contributed by atoms with E-state index in [2.05, 4.69) is 9.88 Å². The van der Waals surface area contributed by atoms with Crippen molar-refractivity contribution in [2.45, 2.75) is 0 Å². The second kappa shape index (κ2) is 7.31. The number of aromatic amines is 1. The Morgan fingerprint density at radius 1 is 1.23 bits per heavy atom. The standard InChI is InChI=1S/C19H19N5OS/c20-12-26-19(21)13-4-5-16-14(10-13)15(11-22-16)17-2-1-3-18(23-17)24-6-8-25-9-7-24/h1-5,10-12,20-22H,6-9H2. The molecule has 0 bridgehead atoms. The molecule has 1 aromatic carbocycles. The number of fused-ring (bicyclic) bond motifs is 1. The van der Waals surface area contributed by atoms with Gasteiger partial charge >= 0.3 is 0 Å². The Bertz CT molecular complexity index is 961. The van der Waals surface area contributed by atoms with Gasteiger partial charge in [-0.25, -0.2) is 4.98 Å². The van der Waals surface area contributed by atoms with Gasteiger partial charge in [-0.15, -0.1) is 0 Å². The number of benzene rings is 1. The zero-order chi connectivity index (χ0) is 17.9. The minimum atomic E-state index is 0.365. The number of rotatable bonds is 4. The molecule has 1 saturated heterocycles. The van der Waals surface area contributed by atoms with Gasteiger partial charge in [-0.05, 0) is 24.3 Å². The number of anilines is 1. The topological polar surface area (TPSA) is 88.9 Å². The van der Waals surface area contributed by atoms with Gasteiger partial charge in [0.2, 0.25) is 0 Å². The molecule has 3 N–H and O–H groups in total. The Morgan fingerprint density at radius 2 is 2.08 bits per heavy atom. The van der Waals surface area contributed by atoms with Gasteiger partial charge in [0.25, 0.3) is 0 Å². The van der Waals surface area contributed by atoms with E-state index in [1.54, 1.807) is 0 Å². The number of thioether (sulfide) groups is 1. The molecule has 1 aliphatic rings. The fraction of sp³-hybridized carbons (Fsp3) is 0.211. The van der Waals surface area contributed by atoms with E-state index in [0.29, 0.717) is 5.04 Å². The lowest BCUT2D eigenvalue weighted by atomic mass is 10.1. The molecule has 0 spiro atoms. The van der Waals surface area contributed by atoms with Crippen LogP contribution in [0, 0.1) is 10.8 Å². The molecule has 132 valence electrons. The molecule has 0 saturated carbocycles. The fourth-order valence-electron chi connectivity index (χ4n) is 3.14. The highest BCUT2D eigenvalue weighted by atomic mass is 32.2. The van der Waals surface area contributed by atoms with Gasteiger partial charge in [-0.1, -0.05) is 23.9 Å². The Hall–Kier alpha value is -2.64. The van der Waals surface area contributed by atoms with Gasteiger partial charge in [0, 0.05) is 41.3 Å². The summed E-state index contributed by atoms with van der Waals surface area (Å²) in [6.07, 6.45) is 1.97. The zero-order valence-electron chi connectivity index (χ0n) is 14.2.